The van der Waals surface area contributed by atoms with Crippen LogP contribution in [0.15, 0.2) is 60.7 Å². The van der Waals surface area contributed by atoms with Gasteiger partial charge in [0, 0.05) is 28.2 Å². The van der Waals surface area contributed by atoms with E-state index in [2.05, 4.69) is 36.1 Å². The average Bonchev–Trinajstić information content (AvgIpc) is 3.40. The van der Waals surface area contributed by atoms with Crippen LogP contribution in [-0.2, 0) is 0 Å². The summed E-state index contributed by atoms with van der Waals surface area (Å²) in [6, 6.07) is 19.0. The highest BCUT2D eigenvalue weighted by atomic mass is 32.1. The van der Waals surface area contributed by atoms with Crippen LogP contribution in [0.25, 0.3) is 10.1 Å². The molecule has 5 rings (SSSR count). The lowest BCUT2D eigenvalue weighted by atomic mass is 10.2. The van der Waals surface area contributed by atoms with Crippen LogP contribution in [-0.4, -0.2) is 26.2 Å². The second-order valence-electron chi connectivity index (χ2n) is 8.04. The molecule has 10 heteroatoms. The predicted octanol–water partition coefficient (Wildman–Crippen LogP) is 6.52. The van der Waals surface area contributed by atoms with Gasteiger partial charge in [-0.3, -0.25) is 10.4 Å². The van der Waals surface area contributed by atoms with Crippen molar-refractivity contribution in [1.82, 2.24) is 20.2 Å². The number of fused-ring (bicyclic) bond motifs is 1. The van der Waals surface area contributed by atoms with E-state index in [4.69, 9.17) is 4.74 Å². The third-order valence-corrected chi connectivity index (χ3v) is 6.13. The van der Waals surface area contributed by atoms with Crippen LogP contribution in [0.2, 0.25) is 0 Å². The van der Waals surface area contributed by atoms with Crippen LogP contribution in [0.3, 0.4) is 0 Å². The molecule has 176 valence electrons. The van der Waals surface area contributed by atoms with Crippen molar-refractivity contribution in [3.05, 3.63) is 77.6 Å². The van der Waals surface area contributed by atoms with Gasteiger partial charge in [0.1, 0.15) is 17.4 Å². The molecular formula is C25H23N7O2S. The number of urea groups is 1. The normalized spacial score (nSPS) is 10.8. The molecule has 4 N–H and O–H groups in total. The quantitative estimate of drug-likeness (QED) is 0.218. The van der Waals surface area contributed by atoms with Gasteiger partial charge in [-0.05, 0) is 62.1 Å². The molecule has 9 nitrogen and oxygen atoms in total. The zero-order valence-electron chi connectivity index (χ0n) is 19.3. The van der Waals surface area contributed by atoms with Crippen LogP contribution >= 0.6 is 11.3 Å². The Morgan fingerprint density at radius 1 is 0.943 bits per heavy atom. The fourth-order valence-electron chi connectivity index (χ4n) is 3.53. The standard InChI is InChI=1S/C25H23N7O2S/c1-14-10-18(27-24(33)30-23-13-17-6-4-5-7-20(17)35-23)8-9-19(14)34-25-26-15(2)11-21(29-25)28-22-12-16(3)31-32-22/h4-13H,1-3H3,(H2,27,30,33)(H2,26,28,29,31,32). The van der Waals surface area contributed by atoms with Crippen molar-refractivity contribution < 1.29 is 9.53 Å². The summed E-state index contributed by atoms with van der Waals surface area (Å²) in [5.41, 5.74) is 3.10. The monoisotopic (exact) mass is 485 g/mol. The number of aromatic nitrogens is 4. The molecule has 0 spiro atoms. The van der Waals surface area contributed by atoms with Gasteiger partial charge in [-0.25, -0.2) is 9.78 Å². The van der Waals surface area contributed by atoms with E-state index in [9.17, 15) is 4.79 Å². The first-order valence-electron chi connectivity index (χ1n) is 10.9. The van der Waals surface area contributed by atoms with Gasteiger partial charge in [0.25, 0.3) is 0 Å². The first-order chi connectivity index (χ1) is 16.9. The summed E-state index contributed by atoms with van der Waals surface area (Å²) in [7, 11) is 0. The Bertz CT molecular complexity index is 1490. The van der Waals surface area contributed by atoms with Crippen LogP contribution in [0.5, 0.6) is 11.8 Å². The molecule has 2 aromatic carbocycles. The van der Waals surface area contributed by atoms with Crippen molar-refractivity contribution in [2.45, 2.75) is 20.8 Å². The Kier molecular flexibility index (Phi) is 6.02. The summed E-state index contributed by atoms with van der Waals surface area (Å²) in [4.78, 5) is 21.3. The van der Waals surface area contributed by atoms with Gasteiger partial charge in [-0.15, -0.1) is 11.3 Å². The molecule has 0 bridgehead atoms. The van der Waals surface area contributed by atoms with E-state index in [1.54, 1.807) is 12.1 Å². The molecule has 35 heavy (non-hydrogen) atoms. The Morgan fingerprint density at radius 2 is 1.80 bits per heavy atom. The minimum absolute atomic E-state index is 0.218. The number of hydrogen-bond donors (Lipinski definition) is 4. The lowest BCUT2D eigenvalue weighted by Crippen LogP contribution is -2.18. The number of ether oxygens (including phenoxy) is 1. The molecule has 0 atom stereocenters. The highest BCUT2D eigenvalue weighted by molar-refractivity contribution is 7.22. The van der Waals surface area contributed by atoms with Gasteiger partial charge in [0.2, 0.25) is 0 Å². The third-order valence-electron chi connectivity index (χ3n) is 5.10. The minimum Gasteiger partial charge on any atom is -0.424 e. The van der Waals surface area contributed by atoms with E-state index >= 15 is 0 Å². The summed E-state index contributed by atoms with van der Waals surface area (Å²) in [6.45, 7) is 5.66. The van der Waals surface area contributed by atoms with Gasteiger partial charge >= 0.3 is 12.0 Å². The fourth-order valence-corrected chi connectivity index (χ4v) is 4.49. The van der Waals surface area contributed by atoms with Crippen molar-refractivity contribution in [2.24, 2.45) is 0 Å². The van der Waals surface area contributed by atoms with Crippen molar-refractivity contribution in [3.8, 4) is 11.8 Å². The number of carbonyl (C=O) groups is 1. The zero-order valence-corrected chi connectivity index (χ0v) is 20.2. The number of nitrogens with zero attached hydrogens (tertiary/aromatic N) is 3. The summed E-state index contributed by atoms with van der Waals surface area (Å²) in [6.07, 6.45) is 0. The number of thiophene rings is 1. The van der Waals surface area contributed by atoms with Gasteiger partial charge in [-0.1, -0.05) is 18.2 Å². The summed E-state index contributed by atoms with van der Waals surface area (Å²) < 4.78 is 7.07. The van der Waals surface area contributed by atoms with Crippen molar-refractivity contribution in [1.29, 1.82) is 0 Å². The molecule has 0 saturated carbocycles. The van der Waals surface area contributed by atoms with Gasteiger partial charge in [0.15, 0.2) is 0 Å². The highest BCUT2D eigenvalue weighted by Crippen LogP contribution is 2.30. The second-order valence-corrected chi connectivity index (χ2v) is 9.12. The van der Waals surface area contributed by atoms with E-state index in [0.29, 0.717) is 17.3 Å². The lowest BCUT2D eigenvalue weighted by Gasteiger charge is -2.12. The fraction of sp³-hybridized carbons (Fsp3) is 0.120. The maximum Gasteiger partial charge on any atom is 0.324 e. The van der Waals surface area contributed by atoms with Crippen LogP contribution < -0.4 is 20.7 Å². The zero-order chi connectivity index (χ0) is 24.4. The van der Waals surface area contributed by atoms with E-state index in [1.165, 1.54) is 11.3 Å². The Labute approximate surface area is 205 Å². The van der Waals surface area contributed by atoms with E-state index in [0.717, 1.165) is 37.9 Å². The topological polar surface area (TPSA) is 117 Å². The summed E-state index contributed by atoms with van der Waals surface area (Å²) >= 11 is 1.53. The molecule has 3 aromatic heterocycles. The number of aryl methyl sites for hydroxylation is 3. The van der Waals surface area contributed by atoms with Crippen LogP contribution in [0.4, 0.5) is 27.1 Å². The molecular weight excluding hydrogens is 462 g/mol. The Morgan fingerprint density at radius 3 is 2.57 bits per heavy atom. The largest absolute Gasteiger partial charge is 0.424 e. The number of aromatic amines is 1. The maximum absolute atomic E-state index is 12.5. The van der Waals surface area contributed by atoms with E-state index in [1.807, 2.05) is 69.3 Å². The molecule has 0 fully saturated rings. The number of hydrogen-bond acceptors (Lipinski definition) is 7. The summed E-state index contributed by atoms with van der Waals surface area (Å²) in [5.74, 6) is 1.91. The SMILES string of the molecule is Cc1cc(Nc2cc(C)nc(Oc3ccc(NC(=O)Nc4cc5ccccc5s4)cc3C)n2)[nH]n1. The first kappa shape index (κ1) is 22.4. The molecule has 3 heterocycles. The Balaban J connectivity index is 1.25. The maximum atomic E-state index is 12.5. The van der Waals surface area contributed by atoms with Crippen molar-refractivity contribution in [3.63, 3.8) is 0 Å². The molecule has 0 aliphatic heterocycles. The highest BCUT2D eigenvalue weighted by Gasteiger charge is 2.11. The molecule has 0 aliphatic rings. The van der Waals surface area contributed by atoms with Gasteiger partial charge in [0.05, 0.1) is 10.7 Å². The molecule has 0 unspecified atom stereocenters. The molecule has 0 aliphatic carbocycles. The average molecular weight is 486 g/mol. The molecule has 2 amide bonds. The molecule has 0 saturated heterocycles. The molecule has 5 aromatic rings. The van der Waals surface area contributed by atoms with Gasteiger partial charge in [-0.2, -0.15) is 10.1 Å². The van der Waals surface area contributed by atoms with E-state index < -0.39 is 0 Å². The summed E-state index contributed by atoms with van der Waals surface area (Å²) in [5, 5.41) is 17.8. The number of H-pyrrole nitrogens is 1. The number of carbonyl (C=O) groups excluding carboxylic acids is 1. The smallest absolute Gasteiger partial charge is 0.324 e. The lowest BCUT2D eigenvalue weighted by molar-refractivity contribution is 0.262. The first-order valence-corrected chi connectivity index (χ1v) is 11.7. The van der Waals surface area contributed by atoms with Gasteiger partial charge < -0.3 is 15.4 Å². The molecule has 0 radical (unpaired) electrons. The predicted molar refractivity (Wildman–Crippen MR) is 139 cm³/mol. The van der Waals surface area contributed by atoms with Crippen LogP contribution in [0, 0.1) is 20.8 Å². The number of rotatable bonds is 6. The number of nitrogens with one attached hydrogen (secondary N) is 4. The van der Waals surface area contributed by atoms with Crippen molar-refractivity contribution in [2.75, 3.05) is 16.0 Å². The van der Waals surface area contributed by atoms with E-state index in [-0.39, 0.29) is 12.0 Å². The van der Waals surface area contributed by atoms with Crippen LogP contribution in [0.1, 0.15) is 17.0 Å². The Hall–Kier alpha value is -4.44. The second kappa shape index (κ2) is 9.43. The number of benzene rings is 2. The minimum atomic E-state index is -0.309. The van der Waals surface area contributed by atoms with Crippen molar-refractivity contribution >= 4 is 49.8 Å². The third kappa shape index (κ3) is 5.39. The number of amides is 2. The number of anilines is 4.